The highest BCUT2D eigenvalue weighted by molar-refractivity contribution is 7.75. The fourth-order valence-electron chi connectivity index (χ4n) is 5.98. The van der Waals surface area contributed by atoms with Crippen molar-refractivity contribution in [3.05, 3.63) is 180 Å². The van der Waals surface area contributed by atoms with Gasteiger partial charge in [-0.15, -0.1) is 0 Å². The van der Waals surface area contributed by atoms with Crippen LogP contribution in [-0.4, -0.2) is 10.6 Å². The van der Waals surface area contributed by atoms with E-state index in [1.807, 2.05) is 0 Å². The van der Waals surface area contributed by atoms with E-state index in [0.717, 1.165) is 0 Å². The zero-order valence-corrected chi connectivity index (χ0v) is 29.7. The van der Waals surface area contributed by atoms with Gasteiger partial charge in [-0.3, -0.25) is 0 Å². The molecule has 0 atom stereocenters. The molecule has 228 valence electrons. The van der Waals surface area contributed by atoms with Gasteiger partial charge in [-0.25, -0.2) is 0 Å². The highest BCUT2D eigenvalue weighted by atomic mass is 31.1. The van der Waals surface area contributed by atoms with Gasteiger partial charge in [0.15, 0.2) is 46.9 Å². The minimum absolute atomic E-state index is 0.0290. The Balaban J connectivity index is 1.77. The molecule has 0 unspecified atom stereocenters. The Morgan fingerprint density at radius 1 is 0.348 bits per heavy atom. The molecule has 0 radical (unpaired) electrons. The Kier molecular flexibility index (Phi) is 9.25. The first-order chi connectivity index (χ1) is 22.1. The normalized spacial score (nSPS) is 16.7. The van der Waals surface area contributed by atoms with Crippen molar-refractivity contribution in [2.45, 2.75) is 41.5 Å². The molecule has 0 heterocycles. The molecular weight excluding hydrogens is 590 g/mol. The molecule has 0 bridgehead atoms. The topological polar surface area (TPSA) is 0 Å². The van der Waals surface area contributed by atoms with Gasteiger partial charge in [-0.05, 0) is 94.8 Å². The maximum atomic E-state index is 2.52. The predicted molar refractivity (Wildman–Crippen MR) is 209 cm³/mol. The van der Waals surface area contributed by atoms with Crippen molar-refractivity contribution in [3.8, 4) is 0 Å². The molecule has 0 amide bonds. The summed E-state index contributed by atoms with van der Waals surface area (Å²) in [7, 11) is -1.63. The molecule has 0 aromatic heterocycles. The van der Waals surface area contributed by atoms with Crippen molar-refractivity contribution in [2.24, 2.45) is 10.8 Å². The SMILES string of the molecule is CC(C)(C)C1=CC(=[P+](c2ccccc2)c2ccccc2)/C(=C2/C=CC(C(C)(C)C)=CC2=[P+](c2ccccc2)c2ccccc2)C=C1. The van der Waals surface area contributed by atoms with Gasteiger partial charge in [-0.2, -0.15) is 0 Å². The lowest BCUT2D eigenvalue weighted by atomic mass is 9.80. The molecule has 4 aromatic carbocycles. The van der Waals surface area contributed by atoms with Crippen LogP contribution >= 0.6 is 15.1 Å². The zero-order valence-electron chi connectivity index (χ0n) is 27.9. The molecular formula is C44H44P2+2. The lowest BCUT2D eigenvalue weighted by molar-refractivity contribution is 0.517. The Labute approximate surface area is 278 Å². The van der Waals surface area contributed by atoms with Crippen LogP contribution in [0.1, 0.15) is 41.5 Å². The first-order valence-corrected chi connectivity index (χ1v) is 18.9. The lowest BCUT2D eigenvalue weighted by Gasteiger charge is -2.26. The molecule has 0 aliphatic heterocycles. The second kappa shape index (κ2) is 13.3. The van der Waals surface area contributed by atoms with Crippen LogP contribution in [0.2, 0.25) is 0 Å². The van der Waals surface area contributed by atoms with Gasteiger partial charge in [0.2, 0.25) is 0 Å². The molecule has 0 nitrogen and oxygen atoms in total. The smallest absolute Gasteiger partial charge is 0.0619 e. The molecule has 0 fully saturated rings. The summed E-state index contributed by atoms with van der Waals surface area (Å²) >= 11 is 0. The second-order valence-corrected chi connectivity index (χ2v) is 18.3. The van der Waals surface area contributed by atoms with Crippen LogP contribution in [0.5, 0.6) is 0 Å². The minimum Gasteiger partial charge on any atom is -0.0619 e. The zero-order chi connectivity index (χ0) is 32.3. The van der Waals surface area contributed by atoms with Crippen molar-refractivity contribution < 1.29 is 0 Å². The summed E-state index contributed by atoms with van der Waals surface area (Å²) in [5.41, 5.74) is 5.46. The highest BCUT2D eigenvalue weighted by Crippen LogP contribution is 2.41. The molecule has 2 aliphatic rings. The van der Waals surface area contributed by atoms with Gasteiger partial charge in [0.25, 0.3) is 0 Å². The Hall–Kier alpha value is -4.08. The molecule has 6 rings (SSSR count). The third kappa shape index (κ3) is 6.86. The molecule has 2 aliphatic carbocycles. The monoisotopic (exact) mass is 634 g/mol. The summed E-state index contributed by atoms with van der Waals surface area (Å²) in [6.07, 6.45) is 14.6. The summed E-state index contributed by atoms with van der Waals surface area (Å²) in [6, 6.07) is 44.6. The van der Waals surface area contributed by atoms with Gasteiger partial charge in [0, 0.05) is 11.1 Å². The standard InChI is InChI=1S/C44H44P2/c1-43(2,3)33-27-29-39(41(31-33)45(35-19-11-7-12-20-35)36-21-13-8-14-22-36)40-30-28-34(44(4,5)6)32-42(40)46(37-23-15-9-16-24-37)38-25-17-10-18-26-38/h7-32H,1-6H3/q+2/b40-39-. The van der Waals surface area contributed by atoms with Crippen molar-refractivity contribution in [3.63, 3.8) is 0 Å². The van der Waals surface area contributed by atoms with Crippen LogP contribution in [0.3, 0.4) is 0 Å². The van der Waals surface area contributed by atoms with Gasteiger partial charge in [-0.1, -0.05) is 126 Å². The fraction of sp³-hybridized carbons (Fsp3) is 0.182. The highest BCUT2D eigenvalue weighted by Gasteiger charge is 2.36. The van der Waals surface area contributed by atoms with Crippen LogP contribution in [0.25, 0.3) is 0 Å². The molecule has 46 heavy (non-hydrogen) atoms. The van der Waals surface area contributed by atoms with Crippen LogP contribution in [0, 0.1) is 10.8 Å². The van der Waals surface area contributed by atoms with Gasteiger partial charge in [0.05, 0.1) is 0 Å². The van der Waals surface area contributed by atoms with E-state index >= 15 is 0 Å². The van der Waals surface area contributed by atoms with Gasteiger partial charge in [0.1, 0.15) is 0 Å². The molecule has 0 spiro atoms. The molecule has 4 aromatic rings. The van der Waals surface area contributed by atoms with E-state index in [9.17, 15) is 0 Å². The number of hydrogen-bond acceptors (Lipinski definition) is 0. The number of benzene rings is 4. The predicted octanol–water partition coefficient (Wildman–Crippen LogP) is 9.98. The van der Waals surface area contributed by atoms with Crippen molar-refractivity contribution >= 4 is 46.9 Å². The first kappa shape index (κ1) is 31.9. The fourth-order valence-corrected chi connectivity index (χ4v) is 11.0. The van der Waals surface area contributed by atoms with E-state index in [-0.39, 0.29) is 10.8 Å². The summed E-state index contributed by atoms with van der Waals surface area (Å²) in [5, 5.41) is 8.32. The summed E-state index contributed by atoms with van der Waals surface area (Å²) < 4.78 is 0. The number of rotatable bonds is 4. The number of allylic oxidation sites excluding steroid dienone is 10. The first-order valence-electron chi connectivity index (χ1n) is 16.2. The molecule has 2 heteroatoms. The molecule has 0 N–H and O–H groups in total. The van der Waals surface area contributed by atoms with Crippen LogP contribution in [0.15, 0.2) is 180 Å². The van der Waals surface area contributed by atoms with Gasteiger partial charge >= 0.3 is 0 Å². The maximum Gasteiger partial charge on any atom is 0.178 e. The van der Waals surface area contributed by atoms with Gasteiger partial charge < -0.3 is 0 Å². The molecule has 0 saturated carbocycles. The third-order valence-electron chi connectivity index (χ3n) is 8.56. The minimum atomic E-state index is -0.817. The van der Waals surface area contributed by atoms with Crippen LogP contribution < -0.4 is 21.2 Å². The van der Waals surface area contributed by atoms with E-state index in [1.54, 1.807) is 0 Å². The van der Waals surface area contributed by atoms with Crippen molar-refractivity contribution in [1.82, 2.24) is 0 Å². The Morgan fingerprint density at radius 2 is 0.609 bits per heavy atom. The second-order valence-electron chi connectivity index (χ2n) is 14.0. The quantitative estimate of drug-likeness (QED) is 0.196. The van der Waals surface area contributed by atoms with E-state index in [1.165, 1.54) is 54.1 Å². The number of hydrogen-bond donors (Lipinski definition) is 0. The van der Waals surface area contributed by atoms with Crippen molar-refractivity contribution in [2.75, 3.05) is 0 Å². The summed E-state index contributed by atoms with van der Waals surface area (Å²) in [5.74, 6) is 0. The Bertz CT molecular complexity index is 1710. The average Bonchev–Trinajstić information content (AvgIpc) is 3.06. The van der Waals surface area contributed by atoms with E-state index in [2.05, 4.69) is 199 Å². The van der Waals surface area contributed by atoms with E-state index < -0.39 is 15.1 Å². The summed E-state index contributed by atoms with van der Waals surface area (Å²) in [4.78, 5) is 0. The van der Waals surface area contributed by atoms with E-state index in [0.29, 0.717) is 0 Å². The van der Waals surface area contributed by atoms with Crippen LogP contribution in [-0.2, 0) is 0 Å². The van der Waals surface area contributed by atoms with Crippen LogP contribution in [0.4, 0.5) is 0 Å². The lowest BCUT2D eigenvalue weighted by Crippen LogP contribution is -2.22. The Morgan fingerprint density at radius 3 is 0.848 bits per heavy atom. The molecule has 0 saturated heterocycles. The third-order valence-corrected chi connectivity index (χ3v) is 13.5. The maximum absolute atomic E-state index is 2.52. The van der Waals surface area contributed by atoms with E-state index in [4.69, 9.17) is 0 Å². The summed E-state index contributed by atoms with van der Waals surface area (Å²) in [6.45, 7) is 14.0. The largest absolute Gasteiger partial charge is 0.178 e. The van der Waals surface area contributed by atoms with Crippen molar-refractivity contribution in [1.29, 1.82) is 0 Å². The average molecular weight is 635 g/mol.